The predicted octanol–water partition coefficient (Wildman–Crippen LogP) is 9.58. The molecule has 3 aliphatic rings. The Balaban J connectivity index is 1.26. The van der Waals surface area contributed by atoms with Gasteiger partial charge < -0.3 is 9.05 Å². The Labute approximate surface area is 278 Å². The zero-order chi connectivity index (χ0) is 33.6. The molecule has 4 nitrogen and oxygen atoms in total. The lowest BCUT2D eigenvalue weighted by Gasteiger charge is -2.55. The SMILES string of the molecule is O=C(c1cc(C(F)(F)F)cc(C(F)(F)F)c1)c1nccn1CC(CC[N+]12CCC(c3ccccc3)(CC1)CC2)c1ccc(Cl)c(Cl)c1. The van der Waals surface area contributed by atoms with E-state index in [9.17, 15) is 31.1 Å². The Kier molecular flexibility index (Phi) is 9.00. The molecule has 0 N–H and O–H groups in total. The highest BCUT2D eigenvalue weighted by Gasteiger charge is 2.49. The average molecular weight is 696 g/mol. The first-order chi connectivity index (χ1) is 22.2. The van der Waals surface area contributed by atoms with E-state index in [1.165, 1.54) is 22.5 Å². The third kappa shape index (κ3) is 6.96. The molecule has 47 heavy (non-hydrogen) atoms. The highest BCUT2D eigenvalue weighted by Crippen LogP contribution is 2.46. The van der Waals surface area contributed by atoms with Crippen LogP contribution in [0.25, 0.3) is 0 Å². The number of piperidine rings is 3. The number of hydrogen-bond acceptors (Lipinski definition) is 2. The zero-order valence-electron chi connectivity index (χ0n) is 25.2. The van der Waals surface area contributed by atoms with Crippen molar-refractivity contribution in [1.29, 1.82) is 0 Å². The number of halogens is 8. The Morgan fingerprint density at radius 2 is 1.47 bits per heavy atom. The molecule has 0 amide bonds. The van der Waals surface area contributed by atoms with Crippen LogP contribution in [0.1, 0.15) is 70.0 Å². The van der Waals surface area contributed by atoms with Crippen LogP contribution in [0.5, 0.6) is 0 Å². The van der Waals surface area contributed by atoms with Crippen LogP contribution in [0.15, 0.2) is 79.1 Å². The molecule has 0 saturated carbocycles. The molecule has 0 spiro atoms. The molecule has 1 unspecified atom stereocenters. The summed E-state index contributed by atoms with van der Waals surface area (Å²) in [4.78, 5) is 17.6. The molecular weight excluding hydrogens is 663 g/mol. The maximum Gasteiger partial charge on any atom is 0.416 e. The highest BCUT2D eigenvalue weighted by molar-refractivity contribution is 6.42. The molecule has 1 atom stereocenters. The fraction of sp³-hybridized carbons (Fsp3) is 0.371. The number of hydrogen-bond donors (Lipinski definition) is 0. The van der Waals surface area contributed by atoms with Crippen molar-refractivity contribution in [2.75, 3.05) is 26.2 Å². The van der Waals surface area contributed by atoms with Gasteiger partial charge in [0, 0.05) is 61.5 Å². The molecule has 7 rings (SSSR count). The van der Waals surface area contributed by atoms with Crippen molar-refractivity contribution in [3.8, 4) is 0 Å². The van der Waals surface area contributed by atoms with Crippen LogP contribution in [-0.4, -0.2) is 46.0 Å². The maximum absolute atomic E-state index is 13.5. The van der Waals surface area contributed by atoms with E-state index in [4.69, 9.17) is 23.2 Å². The van der Waals surface area contributed by atoms with Gasteiger partial charge in [0.15, 0.2) is 5.82 Å². The fourth-order valence-corrected chi connectivity index (χ4v) is 7.61. The minimum atomic E-state index is -5.08. The first-order valence-corrected chi connectivity index (χ1v) is 16.1. The second kappa shape index (κ2) is 12.6. The summed E-state index contributed by atoms with van der Waals surface area (Å²) in [7, 11) is 0. The third-order valence-corrected chi connectivity index (χ3v) is 10.9. The van der Waals surface area contributed by atoms with E-state index < -0.39 is 34.8 Å². The average Bonchev–Trinajstić information content (AvgIpc) is 3.52. The number of nitrogens with zero attached hydrogens (tertiary/aromatic N) is 3. The molecule has 3 saturated heterocycles. The van der Waals surface area contributed by atoms with Gasteiger partial charge in [0.2, 0.25) is 5.78 Å². The van der Waals surface area contributed by atoms with Crippen LogP contribution in [0, 0.1) is 0 Å². The van der Waals surface area contributed by atoms with Crippen molar-refractivity contribution in [3.05, 3.63) is 123 Å². The number of quaternary nitrogens is 1. The van der Waals surface area contributed by atoms with Crippen LogP contribution >= 0.6 is 23.2 Å². The van der Waals surface area contributed by atoms with Crippen molar-refractivity contribution < 1.29 is 35.6 Å². The molecule has 248 valence electrons. The lowest BCUT2D eigenvalue weighted by molar-refractivity contribution is -0.943. The number of ketones is 1. The third-order valence-electron chi connectivity index (χ3n) is 10.1. The van der Waals surface area contributed by atoms with Crippen molar-refractivity contribution >= 4 is 29.0 Å². The Morgan fingerprint density at radius 3 is 2.04 bits per heavy atom. The summed E-state index contributed by atoms with van der Waals surface area (Å²) in [5.74, 6) is -1.49. The van der Waals surface area contributed by atoms with Gasteiger partial charge in [-0.15, -0.1) is 0 Å². The van der Waals surface area contributed by atoms with E-state index in [-0.39, 0.29) is 29.8 Å². The van der Waals surface area contributed by atoms with Gasteiger partial charge in [-0.2, -0.15) is 26.3 Å². The maximum atomic E-state index is 13.5. The number of fused-ring (bicyclic) bond motifs is 3. The molecule has 0 radical (unpaired) electrons. The quantitative estimate of drug-likeness (QED) is 0.0994. The Bertz CT molecular complexity index is 1710. The lowest BCUT2D eigenvalue weighted by atomic mass is 9.66. The monoisotopic (exact) mass is 694 g/mol. The molecule has 4 heterocycles. The minimum absolute atomic E-state index is 0.00163. The fourth-order valence-electron chi connectivity index (χ4n) is 7.30. The summed E-state index contributed by atoms with van der Waals surface area (Å²) in [6, 6.07) is 16.8. The summed E-state index contributed by atoms with van der Waals surface area (Å²) in [6.45, 7) is 4.17. The van der Waals surface area contributed by atoms with Crippen LogP contribution < -0.4 is 0 Å². The number of aromatic nitrogens is 2. The number of alkyl halides is 6. The first kappa shape index (κ1) is 33.6. The van der Waals surface area contributed by atoms with E-state index in [1.54, 1.807) is 12.1 Å². The van der Waals surface area contributed by atoms with Crippen molar-refractivity contribution in [2.24, 2.45) is 0 Å². The number of imidazole rings is 1. The van der Waals surface area contributed by atoms with Crippen molar-refractivity contribution in [3.63, 3.8) is 0 Å². The molecule has 1 aromatic heterocycles. The zero-order valence-corrected chi connectivity index (χ0v) is 26.7. The molecular formula is C35H32Cl2F6N3O+. The van der Waals surface area contributed by atoms with Gasteiger partial charge in [-0.1, -0.05) is 59.6 Å². The second-order valence-electron chi connectivity index (χ2n) is 12.8. The Hall–Kier alpha value is -3.34. The van der Waals surface area contributed by atoms with Crippen molar-refractivity contribution in [2.45, 2.75) is 55.9 Å². The van der Waals surface area contributed by atoms with Gasteiger partial charge in [0.1, 0.15) is 0 Å². The summed E-state index contributed by atoms with van der Waals surface area (Å²) in [5.41, 5.74) is -1.41. The van der Waals surface area contributed by atoms with E-state index in [0.29, 0.717) is 28.6 Å². The molecule has 4 aromatic rings. The van der Waals surface area contributed by atoms with Crippen LogP contribution in [-0.2, 0) is 24.3 Å². The number of benzene rings is 3. The van der Waals surface area contributed by atoms with Gasteiger partial charge >= 0.3 is 12.4 Å². The molecule has 3 fully saturated rings. The van der Waals surface area contributed by atoms with Crippen molar-refractivity contribution in [1.82, 2.24) is 9.55 Å². The van der Waals surface area contributed by atoms with Crippen LogP contribution in [0.2, 0.25) is 10.0 Å². The molecule has 0 aliphatic carbocycles. The van der Waals surface area contributed by atoms with E-state index >= 15 is 0 Å². The first-order valence-electron chi connectivity index (χ1n) is 15.4. The number of rotatable bonds is 9. The van der Waals surface area contributed by atoms with Gasteiger partial charge in [0.25, 0.3) is 0 Å². The smallest absolute Gasteiger partial charge is 0.328 e. The number of carbonyl (C=O) groups is 1. The van der Waals surface area contributed by atoms with Gasteiger partial charge in [-0.25, -0.2) is 4.98 Å². The molecule has 3 aromatic carbocycles. The Morgan fingerprint density at radius 1 is 0.851 bits per heavy atom. The van der Waals surface area contributed by atoms with Crippen LogP contribution in [0.4, 0.5) is 26.3 Å². The summed E-state index contributed by atoms with van der Waals surface area (Å²) < 4.78 is 83.6. The largest absolute Gasteiger partial charge is 0.416 e. The summed E-state index contributed by atoms with van der Waals surface area (Å²) >= 11 is 12.6. The van der Waals surface area contributed by atoms with Gasteiger partial charge in [0.05, 0.1) is 47.4 Å². The lowest BCUT2D eigenvalue weighted by Crippen LogP contribution is -2.63. The van der Waals surface area contributed by atoms with Crippen LogP contribution in [0.3, 0.4) is 0 Å². The summed E-state index contributed by atoms with van der Waals surface area (Å²) in [6.07, 6.45) is -3.37. The molecule has 3 aliphatic heterocycles. The second-order valence-corrected chi connectivity index (χ2v) is 13.6. The van der Waals surface area contributed by atoms with E-state index in [0.717, 1.165) is 55.5 Å². The normalized spacial score (nSPS) is 22.0. The highest BCUT2D eigenvalue weighted by atomic mass is 35.5. The predicted molar refractivity (Wildman–Crippen MR) is 168 cm³/mol. The molecule has 2 bridgehead atoms. The standard InChI is InChI=1S/C35H32Cl2F6N3O/c36-29-7-6-23(20-30(29)37)24(8-14-46-15-9-33(10-16-46,11-17-46)26-4-2-1-3-5-26)22-45-13-12-44-32(45)31(47)25-18-27(34(38,39)40)21-28(19-25)35(41,42)43/h1-7,12-13,18-21,24H,8-11,14-17,22H2/q+1. The van der Waals surface area contributed by atoms with Gasteiger partial charge in [-0.3, -0.25) is 4.79 Å². The topological polar surface area (TPSA) is 34.9 Å². The van der Waals surface area contributed by atoms with E-state index in [1.807, 2.05) is 12.1 Å². The number of carbonyl (C=O) groups excluding carboxylic acids is 1. The van der Waals surface area contributed by atoms with E-state index in [2.05, 4.69) is 29.2 Å². The molecule has 12 heteroatoms. The van der Waals surface area contributed by atoms with Gasteiger partial charge in [-0.05, 0) is 41.5 Å². The summed E-state index contributed by atoms with van der Waals surface area (Å²) in [5, 5.41) is 0.735. The minimum Gasteiger partial charge on any atom is -0.328 e.